The monoisotopic (exact) mass is 339 g/mol. The summed E-state index contributed by atoms with van der Waals surface area (Å²) in [5.41, 5.74) is 2.34. The Hall–Kier alpha value is -2.85. The van der Waals surface area contributed by atoms with E-state index in [4.69, 9.17) is 16.3 Å². The van der Waals surface area contributed by atoms with Crippen molar-refractivity contribution in [2.45, 2.75) is 6.61 Å². The van der Waals surface area contributed by atoms with E-state index in [0.29, 0.717) is 23.5 Å². The Morgan fingerprint density at radius 1 is 0.958 bits per heavy atom. The van der Waals surface area contributed by atoms with E-state index < -0.39 is 0 Å². The van der Waals surface area contributed by atoms with Crippen molar-refractivity contribution in [1.29, 1.82) is 0 Å². The molecule has 4 nitrogen and oxygen atoms in total. The molecule has 0 heterocycles. The number of benzene rings is 3. The second-order valence-electron chi connectivity index (χ2n) is 5.18. The molecule has 0 fully saturated rings. The molecule has 0 aromatic heterocycles. The van der Waals surface area contributed by atoms with Gasteiger partial charge in [0.25, 0.3) is 0 Å². The average molecular weight is 340 g/mol. The van der Waals surface area contributed by atoms with Crippen LogP contribution < -0.4 is 4.74 Å². The highest BCUT2D eigenvalue weighted by Crippen LogP contribution is 2.41. The number of ether oxygens (including phenoxy) is 1. The highest BCUT2D eigenvalue weighted by molar-refractivity contribution is 6.33. The standard InChI is InChI=1S/C19H14ClNO3/c20-17-8-4-7-16(19(17)21-23)15-10-9-14(22)11-18(15)24-12-13-5-2-1-3-6-13/h1-11,22H,12H2. The molecule has 0 saturated heterocycles. The lowest BCUT2D eigenvalue weighted by molar-refractivity contribution is 0.306. The van der Waals surface area contributed by atoms with Crippen molar-refractivity contribution in [3.63, 3.8) is 0 Å². The van der Waals surface area contributed by atoms with Crippen molar-refractivity contribution in [3.8, 4) is 22.6 Å². The third kappa shape index (κ3) is 3.39. The van der Waals surface area contributed by atoms with Gasteiger partial charge in [0.05, 0.1) is 5.02 Å². The van der Waals surface area contributed by atoms with Gasteiger partial charge in [-0.2, -0.15) is 0 Å². The number of nitrogens with zero attached hydrogens (tertiary/aromatic N) is 1. The zero-order valence-electron chi connectivity index (χ0n) is 12.6. The molecule has 120 valence electrons. The number of halogens is 1. The smallest absolute Gasteiger partial charge is 0.134 e. The van der Waals surface area contributed by atoms with Crippen LogP contribution in [0.25, 0.3) is 11.1 Å². The molecule has 0 saturated carbocycles. The second-order valence-corrected chi connectivity index (χ2v) is 5.59. The Balaban J connectivity index is 2.00. The van der Waals surface area contributed by atoms with Crippen molar-refractivity contribution < 1.29 is 9.84 Å². The lowest BCUT2D eigenvalue weighted by Gasteiger charge is -2.13. The molecule has 24 heavy (non-hydrogen) atoms. The van der Waals surface area contributed by atoms with E-state index in [9.17, 15) is 10.0 Å². The number of nitroso groups, excluding NO2 is 1. The van der Waals surface area contributed by atoms with Crippen molar-refractivity contribution in [2.75, 3.05) is 0 Å². The van der Waals surface area contributed by atoms with Gasteiger partial charge in [0.1, 0.15) is 23.8 Å². The normalized spacial score (nSPS) is 10.4. The van der Waals surface area contributed by atoms with Crippen LogP contribution in [0, 0.1) is 4.91 Å². The molecule has 0 spiro atoms. The Labute approximate surface area is 144 Å². The molecule has 3 aromatic carbocycles. The summed E-state index contributed by atoms with van der Waals surface area (Å²) in [4.78, 5) is 11.2. The minimum absolute atomic E-state index is 0.0736. The number of phenolic OH excluding ortho intramolecular Hbond substituents is 1. The molecule has 5 heteroatoms. The van der Waals surface area contributed by atoms with Crippen LogP contribution in [-0.2, 0) is 6.61 Å². The molecule has 3 aromatic rings. The van der Waals surface area contributed by atoms with Gasteiger partial charge in [-0.1, -0.05) is 54.1 Å². The number of phenols is 1. The molecule has 0 aliphatic carbocycles. The molecule has 0 amide bonds. The van der Waals surface area contributed by atoms with E-state index in [0.717, 1.165) is 5.56 Å². The van der Waals surface area contributed by atoms with Crippen molar-refractivity contribution in [1.82, 2.24) is 0 Å². The van der Waals surface area contributed by atoms with Crippen LogP contribution in [0.4, 0.5) is 5.69 Å². The van der Waals surface area contributed by atoms with E-state index >= 15 is 0 Å². The van der Waals surface area contributed by atoms with Crippen LogP contribution in [0.15, 0.2) is 71.9 Å². The maximum absolute atomic E-state index is 11.2. The third-order valence-electron chi connectivity index (χ3n) is 3.57. The van der Waals surface area contributed by atoms with Gasteiger partial charge < -0.3 is 9.84 Å². The van der Waals surface area contributed by atoms with E-state index in [1.54, 1.807) is 24.3 Å². The third-order valence-corrected chi connectivity index (χ3v) is 3.88. The van der Waals surface area contributed by atoms with E-state index in [1.165, 1.54) is 12.1 Å². The first-order valence-electron chi connectivity index (χ1n) is 7.31. The molecule has 0 atom stereocenters. The number of rotatable bonds is 5. The Morgan fingerprint density at radius 2 is 1.75 bits per heavy atom. The zero-order valence-corrected chi connectivity index (χ0v) is 13.4. The lowest BCUT2D eigenvalue weighted by Crippen LogP contribution is -1.97. The highest BCUT2D eigenvalue weighted by Gasteiger charge is 2.15. The van der Waals surface area contributed by atoms with Gasteiger partial charge in [0.2, 0.25) is 0 Å². The summed E-state index contributed by atoms with van der Waals surface area (Å²) >= 11 is 6.05. The fourth-order valence-electron chi connectivity index (χ4n) is 2.41. The minimum Gasteiger partial charge on any atom is -0.508 e. The Bertz CT molecular complexity index is 866. The lowest BCUT2D eigenvalue weighted by atomic mass is 10.0. The summed E-state index contributed by atoms with van der Waals surface area (Å²) in [6.07, 6.45) is 0. The quantitative estimate of drug-likeness (QED) is 0.607. The summed E-state index contributed by atoms with van der Waals surface area (Å²) in [6, 6.07) is 19.5. The summed E-state index contributed by atoms with van der Waals surface area (Å²) in [7, 11) is 0. The minimum atomic E-state index is 0.0736. The first kappa shape index (κ1) is 16.0. The maximum atomic E-state index is 11.2. The molecule has 1 N–H and O–H groups in total. The Morgan fingerprint density at radius 3 is 2.50 bits per heavy atom. The summed E-state index contributed by atoms with van der Waals surface area (Å²) < 4.78 is 5.85. The summed E-state index contributed by atoms with van der Waals surface area (Å²) in [6.45, 7) is 0.335. The molecule has 0 aliphatic rings. The van der Waals surface area contributed by atoms with Crippen molar-refractivity contribution >= 4 is 17.3 Å². The Kier molecular flexibility index (Phi) is 4.77. The van der Waals surface area contributed by atoms with E-state index in [-0.39, 0.29) is 16.5 Å². The molecule has 0 bridgehead atoms. The topological polar surface area (TPSA) is 58.9 Å². The van der Waals surface area contributed by atoms with Crippen LogP contribution in [0.3, 0.4) is 0 Å². The summed E-state index contributed by atoms with van der Waals surface area (Å²) in [5, 5.41) is 13.1. The SMILES string of the molecule is O=Nc1c(Cl)cccc1-c1ccc(O)cc1OCc1ccccc1. The predicted octanol–water partition coefficient (Wildman–Crippen LogP) is 5.69. The van der Waals surface area contributed by atoms with E-state index in [1.807, 2.05) is 30.3 Å². The van der Waals surface area contributed by atoms with Crippen LogP contribution in [-0.4, -0.2) is 5.11 Å². The van der Waals surface area contributed by atoms with Crippen LogP contribution in [0.5, 0.6) is 11.5 Å². The zero-order chi connectivity index (χ0) is 16.9. The molecule has 0 radical (unpaired) electrons. The molecule has 0 aliphatic heterocycles. The average Bonchev–Trinajstić information content (AvgIpc) is 2.61. The van der Waals surface area contributed by atoms with Gasteiger partial charge >= 0.3 is 0 Å². The van der Waals surface area contributed by atoms with Gasteiger partial charge in [-0.3, -0.25) is 0 Å². The molecule has 0 unspecified atom stereocenters. The number of aromatic hydroxyl groups is 1. The van der Waals surface area contributed by atoms with Crippen molar-refractivity contribution in [2.24, 2.45) is 5.18 Å². The van der Waals surface area contributed by atoms with Gasteiger partial charge in [-0.15, -0.1) is 4.91 Å². The van der Waals surface area contributed by atoms with Gasteiger partial charge in [0.15, 0.2) is 0 Å². The van der Waals surface area contributed by atoms with Gasteiger partial charge in [-0.25, -0.2) is 0 Å². The van der Waals surface area contributed by atoms with Gasteiger partial charge in [-0.05, 0) is 28.9 Å². The van der Waals surface area contributed by atoms with Crippen LogP contribution in [0.2, 0.25) is 5.02 Å². The van der Waals surface area contributed by atoms with Crippen molar-refractivity contribution in [3.05, 3.63) is 82.2 Å². The number of hydrogen-bond acceptors (Lipinski definition) is 4. The predicted molar refractivity (Wildman–Crippen MR) is 94.8 cm³/mol. The maximum Gasteiger partial charge on any atom is 0.134 e. The molecular formula is C19H14ClNO3. The molecular weight excluding hydrogens is 326 g/mol. The van der Waals surface area contributed by atoms with Crippen LogP contribution in [0.1, 0.15) is 5.56 Å². The van der Waals surface area contributed by atoms with Crippen LogP contribution >= 0.6 is 11.6 Å². The first-order valence-corrected chi connectivity index (χ1v) is 7.69. The summed E-state index contributed by atoms with van der Waals surface area (Å²) in [5.74, 6) is 0.524. The number of hydrogen-bond donors (Lipinski definition) is 1. The second kappa shape index (κ2) is 7.15. The largest absolute Gasteiger partial charge is 0.508 e. The highest BCUT2D eigenvalue weighted by atomic mass is 35.5. The van der Waals surface area contributed by atoms with E-state index in [2.05, 4.69) is 5.18 Å². The molecule has 3 rings (SSSR count). The fraction of sp³-hybridized carbons (Fsp3) is 0.0526. The van der Waals surface area contributed by atoms with Gasteiger partial charge in [0, 0.05) is 17.2 Å². The fourth-order valence-corrected chi connectivity index (χ4v) is 2.62. The first-order chi connectivity index (χ1) is 11.7.